The molecule has 0 spiro atoms. The number of ether oxygens (including phenoxy) is 4. The maximum atomic E-state index is 11.5. The van der Waals surface area contributed by atoms with Crippen molar-refractivity contribution in [2.75, 3.05) is 45.5 Å². The summed E-state index contributed by atoms with van der Waals surface area (Å²) in [6.45, 7) is 9.45. The Morgan fingerprint density at radius 3 is 1.72 bits per heavy atom. The summed E-state index contributed by atoms with van der Waals surface area (Å²) in [6, 6.07) is 0. The molecule has 0 heterocycles. The summed E-state index contributed by atoms with van der Waals surface area (Å²) >= 11 is 5.62. The fourth-order valence-corrected chi connectivity index (χ4v) is 2.25. The standard InChI is InChI=1S/C19H37ClO5/c1-19(2,3)25-18(21)10-6-9-13-23-15-17-24-16-14-22-12-8-5-4-7-11-20/h4-17H2,1-3H3. The molecule has 5 nitrogen and oxygen atoms in total. The van der Waals surface area contributed by atoms with E-state index < -0.39 is 5.60 Å². The first-order valence-electron chi connectivity index (χ1n) is 9.47. The van der Waals surface area contributed by atoms with Gasteiger partial charge in [-0.25, -0.2) is 0 Å². The van der Waals surface area contributed by atoms with E-state index in [9.17, 15) is 4.79 Å². The Balaban J connectivity index is 3.13. The van der Waals surface area contributed by atoms with Crippen molar-refractivity contribution < 1.29 is 23.7 Å². The number of halogens is 1. The second kappa shape index (κ2) is 17.1. The molecule has 0 aliphatic heterocycles. The van der Waals surface area contributed by atoms with E-state index in [1.54, 1.807) is 0 Å². The number of hydrogen-bond acceptors (Lipinski definition) is 5. The summed E-state index contributed by atoms with van der Waals surface area (Å²) < 4.78 is 21.6. The zero-order chi connectivity index (χ0) is 18.8. The van der Waals surface area contributed by atoms with Crippen molar-refractivity contribution in [3.8, 4) is 0 Å². The minimum absolute atomic E-state index is 0.144. The Hall–Kier alpha value is -0.360. The Kier molecular flexibility index (Phi) is 16.8. The highest BCUT2D eigenvalue weighted by Gasteiger charge is 2.15. The maximum Gasteiger partial charge on any atom is 0.306 e. The zero-order valence-electron chi connectivity index (χ0n) is 16.3. The van der Waals surface area contributed by atoms with E-state index >= 15 is 0 Å². The van der Waals surface area contributed by atoms with E-state index in [0.717, 1.165) is 38.2 Å². The van der Waals surface area contributed by atoms with Crippen LogP contribution in [0.3, 0.4) is 0 Å². The van der Waals surface area contributed by atoms with Gasteiger partial charge >= 0.3 is 5.97 Å². The number of rotatable bonds is 17. The van der Waals surface area contributed by atoms with Gasteiger partial charge in [-0.15, -0.1) is 11.6 Å². The van der Waals surface area contributed by atoms with Crippen LogP contribution in [0.2, 0.25) is 0 Å². The molecule has 0 N–H and O–H groups in total. The van der Waals surface area contributed by atoms with Gasteiger partial charge < -0.3 is 18.9 Å². The van der Waals surface area contributed by atoms with Gasteiger partial charge in [0.05, 0.1) is 26.4 Å². The Morgan fingerprint density at radius 2 is 1.20 bits per heavy atom. The normalized spacial score (nSPS) is 11.7. The van der Waals surface area contributed by atoms with E-state index in [1.165, 1.54) is 12.8 Å². The first kappa shape index (κ1) is 24.6. The summed E-state index contributed by atoms with van der Waals surface area (Å²) in [5.41, 5.74) is -0.404. The molecule has 0 saturated carbocycles. The third-order valence-electron chi connectivity index (χ3n) is 3.26. The molecule has 0 atom stereocenters. The van der Waals surface area contributed by atoms with Gasteiger partial charge in [-0.1, -0.05) is 12.8 Å². The molecule has 0 saturated heterocycles. The summed E-state index contributed by atoms with van der Waals surface area (Å²) in [4.78, 5) is 11.5. The Labute approximate surface area is 158 Å². The van der Waals surface area contributed by atoms with Gasteiger partial charge in [-0.3, -0.25) is 4.79 Å². The van der Waals surface area contributed by atoms with Crippen molar-refractivity contribution in [2.45, 2.75) is 71.3 Å². The van der Waals surface area contributed by atoms with Crippen molar-refractivity contribution in [3.05, 3.63) is 0 Å². The van der Waals surface area contributed by atoms with Gasteiger partial charge in [0, 0.05) is 25.5 Å². The van der Waals surface area contributed by atoms with Gasteiger partial charge in [0.25, 0.3) is 0 Å². The van der Waals surface area contributed by atoms with Crippen LogP contribution in [0.25, 0.3) is 0 Å². The largest absolute Gasteiger partial charge is 0.460 e. The van der Waals surface area contributed by atoms with Crippen LogP contribution in [0.15, 0.2) is 0 Å². The van der Waals surface area contributed by atoms with Crippen LogP contribution in [-0.4, -0.2) is 57.1 Å². The summed E-state index contributed by atoms with van der Waals surface area (Å²) in [5, 5.41) is 0. The average molecular weight is 381 g/mol. The predicted octanol–water partition coefficient (Wildman–Crippen LogP) is 4.35. The van der Waals surface area contributed by atoms with Crippen LogP contribution in [0.5, 0.6) is 0 Å². The second-order valence-electron chi connectivity index (χ2n) is 6.98. The van der Waals surface area contributed by atoms with Gasteiger partial charge in [0.15, 0.2) is 0 Å². The highest BCUT2D eigenvalue weighted by molar-refractivity contribution is 6.17. The lowest BCUT2D eigenvalue weighted by atomic mass is 10.2. The van der Waals surface area contributed by atoms with Gasteiger partial charge in [-0.05, 0) is 46.5 Å². The molecule has 0 rings (SSSR count). The molecule has 0 aliphatic rings. The molecule has 0 radical (unpaired) electrons. The van der Waals surface area contributed by atoms with Crippen molar-refractivity contribution in [3.63, 3.8) is 0 Å². The maximum absolute atomic E-state index is 11.5. The predicted molar refractivity (Wildman–Crippen MR) is 101 cm³/mol. The highest BCUT2D eigenvalue weighted by atomic mass is 35.5. The first-order chi connectivity index (χ1) is 12.0. The van der Waals surface area contributed by atoms with Crippen molar-refractivity contribution >= 4 is 17.6 Å². The molecule has 25 heavy (non-hydrogen) atoms. The third kappa shape index (κ3) is 21.6. The van der Waals surface area contributed by atoms with Crippen LogP contribution in [0.4, 0.5) is 0 Å². The van der Waals surface area contributed by atoms with Crippen LogP contribution >= 0.6 is 11.6 Å². The number of hydrogen-bond donors (Lipinski definition) is 0. The molecule has 0 aromatic rings. The monoisotopic (exact) mass is 380 g/mol. The molecule has 0 fully saturated rings. The fraction of sp³-hybridized carbons (Fsp3) is 0.947. The Bertz CT molecular complexity index is 305. The third-order valence-corrected chi connectivity index (χ3v) is 3.52. The molecule has 150 valence electrons. The van der Waals surface area contributed by atoms with Crippen molar-refractivity contribution in [1.29, 1.82) is 0 Å². The minimum Gasteiger partial charge on any atom is -0.460 e. The molecule has 0 bridgehead atoms. The van der Waals surface area contributed by atoms with Crippen LogP contribution in [0.1, 0.15) is 65.7 Å². The van der Waals surface area contributed by atoms with Crippen molar-refractivity contribution in [2.24, 2.45) is 0 Å². The molecule has 0 aliphatic carbocycles. The van der Waals surface area contributed by atoms with E-state index in [4.69, 9.17) is 30.5 Å². The van der Waals surface area contributed by atoms with Crippen molar-refractivity contribution in [1.82, 2.24) is 0 Å². The van der Waals surface area contributed by atoms with E-state index in [-0.39, 0.29) is 5.97 Å². The average Bonchev–Trinajstić information content (AvgIpc) is 2.53. The molecule has 0 amide bonds. The fourth-order valence-electron chi connectivity index (χ4n) is 2.06. The minimum atomic E-state index is -0.404. The molecule has 0 aromatic carbocycles. The van der Waals surface area contributed by atoms with E-state index in [2.05, 4.69) is 0 Å². The number of carbonyl (C=O) groups is 1. The van der Waals surface area contributed by atoms with Gasteiger partial charge in [0.1, 0.15) is 5.60 Å². The molecular weight excluding hydrogens is 344 g/mol. The molecule has 0 aromatic heterocycles. The number of unbranched alkanes of at least 4 members (excludes halogenated alkanes) is 4. The number of esters is 1. The molecule has 6 heteroatoms. The topological polar surface area (TPSA) is 54.0 Å². The lowest BCUT2D eigenvalue weighted by Crippen LogP contribution is -2.23. The lowest BCUT2D eigenvalue weighted by molar-refractivity contribution is -0.154. The smallest absolute Gasteiger partial charge is 0.306 e. The zero-order valence-corrected chi connectivity index (χ0v) is 17.1. The van der Waals surface area contributed by atoms with E-state index in [0.29, 0.717) is 39.5 Å². The molecular formula is C19H37ClO5. The van der Waals surface area contributed by atoms with E-state index in [1.807, 2.05) is 20.8 Å². The lowest BCUT2D eigenvalue weighted by Gasteiger charge is -2.19. The highest BCUT2D eigenvalue weighted by Crippen LogP contribution is 2.09. The van der Waals surface area contributed by atoms with Crippen LogP contribution in [0, 0.1) is 0 Å². The number of carbonyl (C=O) groups excluding carboxylic acids is 1. The second-order valence-corrected chi connectivity index (χ2v) is 7.36. The summed E-state index contributed by atoms with van der Waals surface area (Å²) in [5.74, 6) is 0.607. The SMILES string of the molecule is CC(C)(C)OC(=O)CCCCOCCOCCOCCCCCCCl. The number of alkyl halides is 1. The van der Waals surface area contributed by atoms with Gasteiger partial charge in [-0.2, -0.15) is 0 Å². The van der Waals surface area contributed by atoms with Gasteiger partial charge in [0.2, 0.25) is 0 Å². The Morgan fingerprint density at radius 1 is 0.720 bits per heavy atom. The molecule has 0 unspecified atom stereocenters. The summed E-state index contributed by atoms with van der Waals surface area (Å²) in [7, 11) is 0. The van der Waals surface area contributed by atoms with Crippen LogP contribution < -0.4 is 0 Å². The summed E-state index contributed by atoms with van der Waals surface area (Å²) in [6.07, 6.45) is 6.61. The quantitative estimate of drug-likeness (QED) is 0.213. The van der Waals surface area contributed by atoms with Crippen LogP contribution in [-0.2, 0) is 23.7 Å². The first-order valence-corrected chi connectivity index (χ1v) is 10.00.